The van der Waals surface area contributed by atoms with Gasteiger partial charge in [0.25, 0.3) is 0 Å². The Morgan fingerprint density at radius 1 is 1.13 bits per heavy atom. The summed E-state index contributed by atoms with van der Waals surface area (Å²) in [7, 11) is 4.78. The molecule has 2 heterocycles. The smallest absolute Gasteiger partial charge is 0.204 e. The second-order valence-corrected chi connectivity index (χ2v) is 4.87. The van der Waals surface area contributed by atoms with Gasteiger partial charge in [0.2, 0.25) is 5.75 Å². The Morgan fingerprint density at radius 3 is 2.52 bits per heavy atom. The molecule has 0 fully saturated rings. The first-order chi connectivity index (χ1) is 11.3. The number of furan rings is 1. The van der Waals surface area contributed by atoms with Gasteiger partial charge in [0.1, 0.15) is 11.6 Å². The molecule has 0 unspecified atom stereocenters. The summed E-state index contributed by atoms with van der Waals surface area (Å²) in [6.07, 6.45) is 5.72. The fraction of sp³-hybridized carbons (Fsp3) is 0.235. The maximum atomic E-state index is 5.60. The molecule has 0 spiro atoms. The second-order valence-electron chi connectivity index (χ2n) is 4.87. The Bertz CT molecular complexity index is 764. The molecule has 120 valence electrons. The number of nitrogens with zero attached hydrogens (tertiary/aromatic N) is 1. The van der Waals surface area contributed by atoms with Crippen molar-refractivity contribution >= 4 is 0 Å². The Balaban J connectivity index is 2.23. The van der Waals surface area contributed by atoms with E-state index in [9.17, 15) is 0 Å². The van der Waals surface area contributed by atoms with Gasteiger partial charge in [-0.15, -0.1) is 0 Å². The van der Waals surface area contributed by atoms with Crippen LogP contribution < -0.4 is 14.2 Å². The van der Waals surface area contributed by atoms with Gasteiger partial charge in [0.15, 0.2) is 11.5 Å². The predicted octanol–water partition coefficient (Wildman–Crippen LogP) is 3.29. The highest BCUT2D eigenvalue weighted by Crippen LogP contribution is 2.47. The Morgan fingerprint density at radius 2 is 1.96 bits per heavy atom. The van der Waals surface area contributed by atoms with E-state index in [1.165, 1.54) is 0 Å². The quantitative estimate of drug-likeness (QED) is 0.756. The molecule has 6 heteroatoms. The zero-order valence-electron chi connectivity index (χ0n) is 13.3. The lowest BCUT2D eigenvalue weighted by Crippen LogP contribution is -2.02. The first kappa shape index (κ1) is 15.0. The number of H-pyrrole nitrogens is 1. The van der Waals surface area contributed by atoms with Crippen LogP contribution in [0.5, 0.6) is 17.2 Å². The van der Waals surface area contributed by atoms with Crippen LogP contribution >= 0.6 is 0 Å². The molecule has 1 aromatic carbocycles. The highest BCUT2D eigenvalue weighted by Gasteiger charge is 2.23. The lowest BCUT2D eigenvalue weighted by atomic mass is 9.99. The fourth-order valence-electron chi connectivity index (χ4n) is 2.61. The van der Waals surface area contributed by atoms with Crippen molar-refractivity contribution in [1.29, 1.82) is 0 Å². The maximum Gasteiger partial charge on any atom is 0.204 e. The summed E-state index contributed by atoms with van der Waals surface area (Å²) in [5, 5.41) is 0. The van der Waals surface area contributed by atoms with Crippen molar-refractivity contribution in [2.24, 2.45) is 0 Å². The highest BCUT2D eigenvalue weighted by molar-refractivity contribution is 5.77. The summed E-state index contributed by atoms with van der Waals surface area (Å²) >= 11 is 0. The number of hydrogen-bond acceptors (Lipinski definition) is 5. The third-order valence-corrected chi connectivity index (χ3v) is 3.59. The number of imidazole rings is 1. The lowest BCUT2D eigenvalue weighted by Gasteiger charge is -2.18. The lowest BCUT2D eigenvalue weighted by molar-refractivity contribution is 0.324. The van der Waals surface area contributed by atoms with Crippen LogP contribution in [0.25, 0.3) is 11.3 Å². The van der Waals surface area contributed by atoms with E-state index in [1.54, 1.807) is 40.0 Å². The standard InChI is InChI=1S/C17H18N2O4/c1-20-13-9-11(10-14-18-6-7-19-14)15(12-5-4-8-23-12)17(22-3)16(13)21-2/h4-9H,10H2,1-3H3,(H,18,19). The molecule has 0 aliphatic rings. The van der Waals surface area contributed by atoms with Crippen LogP contribution in [0.3, 0.4) is 0 Å². The van der Waals surface area contributed by atoms with Gasteiger partial charge < -0.3 is 23.6 Å². The molecule has 0 aliphatic carbocycles. The number of rotatable bonds is 6. The van der Waals surface area contributed by atoms with Crippen molar-refractivity contribution in [3.63, 3.8) is 0 Å². The van der Waals surface area contributed by atoms with E-state index >= 15 is 0 Å². The SMILES string of the molecule is COc1cc(Cc2ncc[nH]2)c(-c2ccco2)c(OC)c1OC. The van der Waals surface area contributed by atoms with Crippen LogP contribution in [0.2, 0.25) is 0 Å². The van der Waals surface area contributed by atoms with Gasteiger partial charge in [-0.3, -0.25) is 0 Å². The van der Waals surface area contributed by atoms with Crippen LogP contribution in [0, 0.1) is 0 Å². The van der Waals surface area contributed by atoms with E-state index in [4.69, 9.17) is 18.6 Å². The average Bonchev–Trinajstić information content (AvgIpc) is 3.27. The van der Waals surface area contributed by atoms with Crippen LogP contribution in [0.1, 0.15) is 11.4 Å². The number of hydrogen-bond donors (Lipinski definition) is 1. The average molecular weight is 314 g/mol. The molecule has 23 heavy (non-hydrogen) atoms. The van der Waals surface area contributed by atoms with Crippen molar-refractivity contribution < 1.29 is 18.6 Å². The normalized spacial score (nSPS) is 10.6. The van der Waals surface area contributed by atoms with Gasteiger partial charge in [0.05, 0.1) is 33.2 Å². The minimum absolute atomic E-state index is 0.532. The molecule has 0 aliphatic heterocycles. The molecular formula is C17H18N2O4. The molecule has 3 aromatic rings. The van der Waals surface area contributed by atoms with Crippen LogP contribution in [-0.4, -0.2) is 31.3 Å². The Hall–Kier alpha value is -2.89. The van der Waals surface area contributed by atoms with E-state index in [1.807, 2.05) is 18.2 Å². The predicted molar refractivity (Wildman–Crippen MR) is 85.2 cm³/mol. The third kappa shape index (κ3) is 2.75. The van der Waals surface area contributed by atoms with Gasteiger partial charge in [-0.1, -0.05) is 0 Å². The van der Waals surface area contributed by atoms with Crippen LogP contribution in [0.15, 0.2) is 41.3 Å². The zero-order valence-corrected chi connectivity index (χ0v) is 13.3. The second kappa shape index (κ2) is 6.48. The molecule has 0 bridgehead atoms. The highest BCUT2D eigenvalue weighted by atomic mass is 16.5. The Labute approximate surface area is 134 Å². The molecule has 2 aromatic heterocycles. The fourth-order valence-corrected chi connectivity index (χ4v) is 2.61. The van der Waals surface area contributed by atoms with Crippen molar-refractivity contribution in [2.75, 3.05) is 21.3 Å². The summed E-state index contributed by atoms with van der Waals surface area (Å²) in [6, 6.07) is 5.64. The van der Waals surface area contributed by atoms with E-state index < -0.39 is 0 Å². The summed E-state index contributed by atoms with van der Waals surface area (Å²) in [4.78, 5) is 7.40. The molecule has 0 radical (unpaired) electrons. The van der Waals surface area contributed by atoms with Crippen molar-refractivity contribution in [3.05, 3.63) is 48.2 Å². The number of benzene rings is 1. The molecule has 0 saturated heterocycles. The summed E-state index contributed by atoms with van der Waals surface area (Å²) in [5.41, 5.74) is 1.79. The molecule has 0 atom stereocenters. The van der Waals surface area contributed by atoms with E-state index in [0.717, 1.165) is 17.0 Å². The van der Waals surface area contributed by atoms with Gasteiger partial charge in [0, 0.05) is 18.8 Å². The number of aromatic amines is 1. The van der Waals surface area contributed by atoms with E-state index in [2.05, 4.69) is 9.97 Å². The van der Waals surface area contributed by atoms with Crippen LogP contribution in [0.4, 0.5) is 0 Å². The summed E-state index contributed by atoms with van der Waals surface area (Å²) in [5.74, 6) is 3.24. The molecular weight excluding hydrogens is 296 g/mol. The molecule has 1 N–H and O–H groups in total. The van der Waals surface area contributed by atoms with Crippen molar-refractivity contribution in [3.8, 4) is 28.6 Å². The first-order valence-corrected chi connectivity index (χ1v) is 7.12. The zero-order chi connectivity index (χ0) is 16.2. The molecule has 3 rings (SSSR count). The molecule has 0 amide bonds. The number of methoxy groups -OCH3 is 3. The van der Waals surface area contributed by atoms with Gasteiger partial charge in [-0.05, 0) is 23.8 Å². The topological polar surface area (TPSA) is 69.5 Å². The number of nitrogens with one attached hydrogen (secondary N) is 1. The largest absolute Gasteiger partial charge is 0.493 e. The first-order valence-electron chi connectivity index (χ1n) is 7.12. The molecule has 6 nitrogen and oxygen atoms in total. The number of aromatic nitrogens is 2. The Kier molecular flexibility index (Phi) is 4.23. The minimum Gasteiger partial charge on any atom is -0.493 e. The summed E-state index contributed by atoms with van der Waals surface area (Å²) in [6.45, 7) is 0. The molecule has 0 saturated carbocycles. The van der Waals surface area contributed by atoms with Crippen molar-refractivity contribution in [2.45, 2.75) is 6.42 Å². The van der Waals surface area contributed by atoms with Gasteiger partial charge in [-0.2, -0.15) is 0 Å². The van der Waals surface area contributed by atoms with E-state index in [-0.39, 0.29) is 0 Å². The third-order valence-electron chi connectivity index (χ3n) is 3.59. The number of ether oxygens (including phenoxy) is 3. The maximum absolute atomic E-state index is 5.60. The summed E-state index contributed by atoms with van der Waals surface area (Å²) < 4.78 is 22.1. The van der Waals surface area contributed by atoms with Crippen molar-refractivity contribution in [1.82, 2.24) is 9.97 Å². The monoisotopic (exact) mass is 314 g/mol. The van der Waals surface area contributed by atoms with Gasteiger partial charge >= 0.3 is 0 Å². The van der Waals surface area contributed by atoms with Gasteiger partial charge in [-0.25, -0.2) is 4.98 Å². The van der Waals surface area contributed by atoms with E-state index in [0.29, 0.717) is 29.4 Å². The minimum atomic E-state index is 0.532. The van der Waals surface area contributed by atoms with Crippen LogP contribution in [-0.2, 0) is 6.42 Å².